The molecular formula is C11H15ClF3N3O2. The van der Waals surface area contributed by atoms with Gasteiger partial charge in [-0.2, -0.15) is 18.3 Å². The first-order valence-corrected chi connectivity index (χ1v) is 6.33. The van der Waals surface area contributed by atoms with Crippen LogP contribution in [0.4, 0.5) is 18.9 Å². The molecule has 0 amide bonds. The van der Waals surface area contributed by atoms with Crippen molar-refractivity contribution in [1.29, 1.82) is 0 Å². The average molecular weight is 314 g/mol. The van der Waals surface area contributed by atoms with Crippen molar-refractivity contribution in [2.45, 2.75) is 38.6 Å². The Morgan fingerprint density at radius 3 is 2.75 bits per heavy atom. The summed E-state index contributed by atoms with van der Waals surface area (Å²) in [6, 6.07) is 0. The van der Waals surface area contributed by atoms with Crippen LogP contribution in [0.15, 0.2) is 11.0 Å². The highest BCUT2D eigenvalue weighted by molar-refractivity contribution is 6.32. The lowest BCUT2D eigenvalue weighted by Crippen LogP contribution is -2.30. The molecule has 0 aromatic carbocycles. The van der Waals surface area contributed by atoms with Gasteiger partial charge >= 0.3 is 6.18 Å². The van der Waals surface area contributed by atoms with Crippen LogP contribution in [0.2, 0.25) is 5.02 Å². The largest absolute Gasteiger partial charge is 0.408 e. The monoisotopic (exact) mass is 313 g/mol. The number of halogens is 4. The zero-order valence-corrected chi connectivity index (χ0v) is 11.5. The number of hydrogen-bond acceptors (Lipinski definition) is 4. The SMILES string of the molecule is CC(O)CCCNc1cnn(CC(F)(F)F)c(=O)c1Cl. The van der Waals surface area contributed by atoms with E-state index >= 15 is 0 Å². The summed E-state index contributed by atoms with van der Waals surface area (Å²) < 4.78 is 36.9. The number of anilines is 1. The van der Waals surface area contributed by atoms with Crippen LogP contribution in [0.3, 0.4) is 0 Å². The lowest BCUT2D eigenvalue weighted by molar-refractivity contribution is -0.143. The first-order valence-electron chi connectivity index (χ1n) is 5.95. The standard InChI is InChI=1S/C11H15ClF3N3O2/c1-7(19)3-2-4-16-8-5-17-18(6-11(13,14)15)10(20)9(8)12/h5,7,16,19H,2-4,6H2,1H3. The molecule has 5 nitrogen and oxygen atoms in total. The first-order chi connectivity index (χ1) is 9.20. The number of alkyl halides is 3. The van der Waals surface area contributed by atoms with Crippen LogP contribution in [0.25, 0.3) is 0 Å². The number of nitrogens with one attached hydrogen (secondary N) is 1. The molecule has 20 heavy (non-hydrogen) atoms. The molecule has 0 saturated carbocycles. The van der Waals surface area contributed by atoms with Gasteiger partial charge in [0, 0.05) is 6.54 Å². The van der Waals surface area contributed by atoms with E-state index in [1.807, 2.05) is 0 Å². The van der Waals surface area contributed by atoms with Gasteiger partial charge in [-0.3, -0.25) is 4.79 Å². The smallest absolute Gasteiger partial charge is 0.393 e. The zero-order valence-electron chi connectivity index (χ0n) is 10.7. The van der Waals surface area contributed by atoms with E-state index in [-0.39, 0.29) is 15.4 Å². The van der Waals surface area contributed by atoms with Crippen molar-refractivity contribution in [2.75, 3.05) is 11.9 Å². The molecule has 1 unspecified atom stereocenters. The van der Waals surface area contributed by atoms with Crippen molar-refractivity contribution in [3.63, 3.8) is 0 Å². The normalized spacial score (nSPS) is 13.3. The second kappa shape index (κ2) is 6.94. The lowest BCUT2D eigenvalue weighted by atomic mass is 10.2. The molecule has 1 aromatic heterocycles. The molecular weight excluding hydrogens is 299 g/mol. The summed E-state index contributed by atoms with van der Waals surface area (Å²) in [7, 11) is 0. The van der Waals surface area contributed by atoms with Crippen LogP contribution in [0.5, 0.6) is 0 Å². The quantitative estimate of drug-likeness (QED) is 0.789. The predicted molar refractivity (Wildman–Crippen MR) is 69.0 cm³/mol. The molecule has 1 rings (SSSR count). The molecule has 0 spiro atoms. The highest BCUT2D eigenvalue weighted by Crippen LogP contribution is 2.19. The van der Waals surface area contributed by atoms with Gasteiger partial charge in [0.15, 0.2) is 0 Å². The van der Waals surface area contributed by atoms with E-state index in [1.165, 1.54) is 0 Å². The number of hydrogen-bond donors (Lipinski definition) is 2. The summed E-state index contributed by atoms with van der Waals surface area (Å²) in [6.07, 6.45) is -2.71. The Labute approximate surface area is 118 Å². The molecule has 1 heterocycles. The molecule has 1 aromatic rings. The van der Waals surface area contributed by atoms with Gasteiger partial charge in [-0.15, -0.1) is 0 Å². The van der Waals surface area contributed by atoms with Gasteiger partial charge in [0.1, 0.15) is 11.6 Å². The van der Waals surface area contributed by atoms with Crippen molar-refractivity contribution >= 4 is 17.3 Å². The van der Waals surface area contributed by atoms with Gasteiger partial charge in [0.25, 0.3) is 5.56 Å². The first kappa shape index (κ1) is 16.8. The molecule has 0 radical (unpaired) electrons. The number of nitrogens with zero attached hydrogens (tertiary/aromatic N) is 2. The highest BCUT2D eigenvalue weighted by Gasteiger charge is 2.29. The van der Waals surface area contributed by atoms with Crippen molar-refractivity contribution in [3.05, 3.63) is 21.6 Å². The maximum Gasteiger partial charge on any atom is 0.408 e. The molecule has 0 aliphatic rings. The second-order valence-electron chi connectivity index (χ2n) is 4.37. The Hall–Kier alpha value is -1.28. The molecule has 1 atom stereocenters. The van der Waals surface area contributed by atoms with Gasteiger partial charge in [-0.1, -0.05) is 11.6 Å². The van der Waals surface area contributed by atoms with Crippen LogP contribution in [-0.2, 0) is 6.54 Å². The Kier molecular flexibility index (Phi) is 5.82. The zero-order chi connectivity index (χ0) is 15.3. The van der Waals surface area contributed by atoms with E-state index in [4.69, 9.17) is 16.7 Å². The summed E-state index contributed by atoms with van der Waals surface area (Å²) >= 11 is 5.72. The summed E-state index contributed by atoms with van der Waals surface area (Å²) in [4.78, 5) is 11.6. The average Bonchev–Trinajstić information content (AvgIpc) is 2.31. The Morgan fingerprint density at radius 1 is 1.55 bits per heavy atom. The molecule has 0 aliphatic heterocycles. The second-order valence-corrected chi connectivity index (χ2v) is 4.75. The summed E-state index contributed by atoms with van der Waals surface area (Å²) in [5.41, 5.74) is -0.815. The third-order valence-electron chi connectivity index (χ3n) is 2.43. The van der Waals surface area contributed by atoms with Gasteiger partial charge in [0.05, 0.1) is 18.0 Å². The number of rotatable bonds is 6. The Bertz CT molecular complexity index is 503. The van der Waals surface area contributed by atoms with Gasteiger partial charge in [0.2, 0.25) is 0 Å². The highest BCUT2D eigenvalue weighted by atomic mass is 35.5. The fourth-order valence-electron chi connectivity index (χ4n) is 1.49. The summed E-state index contributed by atoms with van der Waals surface area (Å²) in [5, 5.41) is 15.0. The molecule has 0 aliphatic carbocycles. The van der Waals surface area contributed by atoms with Crippen LogP contribution < -0.4 is 10.9 Å². The van der Waals surface area contributed by atoms with Gasteiger partial charge in [-0.25, -0.2) is 4.68 Å². The Morgan fingerprint density at radius 2 is 2.20 bits per heavy atom. The number of aliphatic hydroxyl groups is 1. The number of aromatic nitrogens is 2. The van der Waals surface area contributed by atoms with Crippen LogP contribution in [-0.4, -0.2) is 33.7 Å². The third-order valence-corrected chi connectivity index (χ3v) is 2.79. The maximum absolute atomic E-state index is 12.2. The molecule has 2 N–H and O–H groups in total. The van der Waals surface area contributed by atoms with Crippen LogP contribution in [0, 0.1) is 0 Å². The van der Waals surface area contributed by atoms with E-state index in [0.717, 1.165) is 6.20 Å². The van der Waals surface area contributed by atoms with Crippen molar-refractivity contribution in [2.24, 2.45) is 0 Å². The predicted octanol–water partition coefficient (Wildman–Crippen LogP) is 2.03. The molecule has 0 saturated heterocycles. The van der Waals surface area contributed by atoms with Crippen molar-refractivity contribution in [3.8, 4) is 0 Å². The lowest BCUT2D eigenvalue weighted by Gasteiger charge is -2.12. The van der Waals surface area contributed by atoms with E-state index in [9.17, 15) is 18.0 Å². The fraction of sp³-hybridized carbons (Fsp3) is 0.636. The van der Waals surface area contributed by atoms with Crippen LogP contribution >= 0.6 is 11.6 Å². The minimum atomic E-state index is -4.54. The Balaban J connectivity index is 2.72. The number of aliphatic hydroxyl groups excluding tert-OH is 1. The van der Waals surface area contributed by atoms with E-state index in [2.05, 4.69) is 10.4 Å². The molecule has 9 heteroatoms. The third kappa shape index (κ3) is 5.38. The van der Waals surface area contributed by atoms with Crippen molar-refractivity contribution in [1.82, 2.24) is 9.78 Å². The maximum atomic E-state index is 12.2. The minimum Gasteiger partial charge on any atom is -0.393 e. The van der Waals surface area contributed by atoms with Gasteiger partial charge < -0.3 is 10.4 Å². The van der Waals surface area contributed by atoms with E-state index in [0.29, 0.717) is 19.4 Å². The summed E-state index contributed by atoms with van der Waals surface area (Å²) in [6.45, 7) is 0.593. The topological polar surface area (TPSA) is 67.2 Å². The van der Waals surface area contributed by atoms with E-state index < -0.39 is 24.4 Å². The van der Waals surface area contributed by atoms with E-state index in [1.54, 1.807) is 6.92 Å². The fourth-order valence-corrected chi connectivity index (χ4v) is 1.70. The summed E-state index contributed by atoms with van der Waals surface area (Å²) in [5.74, 6) is 0. The van der Waals surface area contributed by atoms with Gasteiger partial charge in [-0.05, 0) is 19.8 Å². The minimum absolute atomic E-state index is 0.181. The molecule has 0 fully saturated rings. The van der Waals surface area contributed by atoms with Crippen molar-refractivity contribution < 1.29 is 18.3 Å². The molecule has 114 valence electrons. The molecule has 0 bridgehead atoms. The van der Waals surface area contributed by atoms with Crippen LogP contribution in [0.1, 0.15) is 19.8 Å².